The van der Waals surface area contributed by atoms with Crippen LogP contribution in [-0.4, -0.2) is 12.6 Å². The number of benzene rings is 2. The van der Waals surface area contributed by atoms with E-state index in [2.05, 4.69) is 12.1 Å². The molecule has 0 saturated carbocycles. The molecular weight excluding hydrogens is 260 g/mol. The summed E-state index contributed by atoms with van der Waals surface area (Å²) in [5.41, 5.74) is 3.35. The molecule has 0 N–H and O–H groups in total. The predicted molar refractivity (Wildman–Crippen MR) is 85.8 cm³/mol. The van der Waals surface area contributed by atoms with Gasteiger partial charge in [-0.1, -0.05) is 60.7 Å². The number of carbonyl (C=O) groups is 1. The van der Waals surface area contributed by atoms with Gasteiger partial charge in [-0.2, -0.15) is 0 Å². The van der Waals surface area contributed by atoms with E-state index in [0.717, 1.165) is 24.0 Å². The molecule has 2 aromatic rings. The van der Waals surface area contributed by atoms with Gasteiger partial charge in [0.1, 0.15) is 0 Å². The molecule has 0 radical (unpaired) electrons. The first-order chi connectivity index (χ1) is 10.3. The quantitative estimate of drug-likeness (QED) is 0.583. The van der Waals surface area contributed by atoms with Crippen LogP contribution in [-0.2, 0) is 16.0 Å². The fraction of sp³-hybridized carbons (Fsp3) is 0.211. The zero-order valence-corrected chi connectivity index (χ0v) is 12.3. The van der Waals surface area contributed by atoms with E-state index < -0.39 is 0 Å². The van der Waals surface area contributed by atoms with Crippen LogP contribution in [0.15, 0.2) is 66.7 Å². The van der Waals surface area contributed by atoms with Crippen LogP contribution >= 0.6 is 0 Å². The minimum absolute atomic E-state index is 0.274. The van der Waals surface area contributed by atoms with Gasteiger partial charge in [0.25, 0.3) is 0 Å². The Hall–Kier alpha value is -2.35. The number of esters is 1. The van der Waals surface area contributed by atoms with Crippen molar-refractivity contribution in [2.75, 3.05) is 6.61 Å². The second-order valence-corrected chi connectivity index (χ2v) is 4.77. The second-order valence-electron chi connectivity index (χ2n) is 4.77. The van der Waals surface area contributed by atoms with E-state index in [1.54, 1.807) is 6.08 Å². The Labute approximate surface area is 126 Å². The molecule has 0 aliphatic carbocycles. The number of carbonyl (C=O) groups excluding carboxylic acids is 1. The molecule has 0 bridgehead atoms. The Morgan fingerprint density at radius 3 is 2.24 bits per heavy atom. The van der Waals surface area contributed by atoms with Crippen molar-refractivity contribution < 1.29 is 9.53 Å². The molecule has 2 aromatic carbocycles. The number of rotatable bonds is 6. The van der Waals surface area contributed by atoms with Crippen molar-refractivity contribution in [2.24, 2.45) is 0 Å². The van der Waals surface area contributed by atoms with E-state index >= 15 is 0 Å². The Bertz CT molecular complexity index is 585. The normalized spacial score (nSPS) is 11.2. The van der Waals surface area contributed by atoms with Gasteiger partial charge in [-0.15, -0.1) is 0 Å². The maximum absolute atomic E-state index is 11.7. The topological polar surface area (TPSA) is 26.3 Å². The SMILES string of the molecule is CCOC(=O)/C=C(\CCc1ccccc1)c1ccccc1. The lowest BCUT2D eigenvalue weighted by molar-refractivity contribution is -0.137. The van der Waals surface area contributed by atoms with Crippen LogP contribution in [0.25, 0.3) is 5.57 Å². The van der Waals surface area contributed by atoms with E-state index in [4.69, 9.17) is 4.74 Å². The molecule has 2 heteroatoms. The molecule has 0 unspecified atom stereocenters. The fourth-order valence-corrected chi connectivity index (χ4v) is 2.20. The van der Waals surface area contributed by atoms with Gasteiger partial charge in [0.15, 0.2) is 0 Å². The zero-order valence-electron chi connectivity index (χ0n) is 12.3. The molecule has 2 rings (SSSR count). The molecule has 108 valence electrons. The van der Waals surface area contributed by atoms with E-state index in [1.165, 1.54) is 5.56 Å². The van der Waals surface area contributed by atoms with Gasteiger partial charge in [-0.3, -0.25) is 0 Å². The minimum atomic E-state index is -0.274. The van der Waals surface area contributed by atoms with Crippen molar-refractivity contribution in [3.8, 4) is 0 Å². The van der Waals surface area contributed by atoms with Crippen molar-refractivity contribution in [3.63, 3.8) is 0 Å². The average Bonchev–Trinajstić information content (AvgIpc) is 2.53. The van der Waals surface area contributed by atoms with Crippen LogP contribution in [0.3, 0.4) is 0 Å². The molecule has 2 nitrogen and oxygen atoms in total. The Morgan fingerprint density at radius 2 is 1.62 bits per heavy atom. The summed E-state index contributed by atoms with van der Waals surface area (Å²) in [7, 11) is 0. The smallest absolute Gasteiger partial charge is 0.331 e. The molecule has 0 atom stereocenters. The maximum Gasteiger partial charge on any atom is 0.331 e. The lowest BCUT2D eigenvalue weighted by Crippen LogP contribution is -2.01. The van der Waals surface area contributed by atoms with E-state index in [9.17, 15) is 4.79 Å². The Balaban J connectivity index is 2.14. The predicted octanol–water partition coefficient (Wildman–Crippen LogP) is 4.27. The van der Waals surface area contributed by atoms with Crippen molar-refractivity contribution in [2.45, 2.75) is 19.8 Å². The van der Waals surface area contributed by atoms with Gasteiger partial charge in [0.2, 0.25) is 0 Å². The molecule has 0 heterocycles. The van der Waals surface area contributed by atoms with Crippen LogP contribution in [0.5, 0.6) is 0 Å². The van der Waals surface area contributed by atoms with Gasteiger partial charge in [0, 0.05) is 6.08 Å². The molecule has 0 aliphatic heterocycles. The van der Waals surface area contributed by atoms with Gasteiger partial charge in [0.05, 0.1) is 6.61 Å². The number of hydrogen-bond donors (Lipinski definition) is 0. The van der Waals surface area contributed by atoms with E-state index in [1.807, 2.05) is 55.5 Å². The highest BCUT2D eigenvalue weighted by atomic mass is 16.5. The summed E-state index contributed by atoms with van der Waals surface area (Å²) in [6.45, 7) is 2.22. The molecule has 0 aromatic heterocycles. The third-order valence-corrected chi connectivity index (χ3v) is 3.25. The molecule has 21 heavy (non-hydrogen) atoms. The maximum atomic E-state index is 11.7. The third kappa shape index (κ3) is 4.92. The highest BCUT2D eigenvalue weighted by molar-refractivity contribution is 5.91. The van der Waals surface area contributed by atoms with Gasteiger partial charge in [-0.05, 0) is 36.5 Å². The van der Waals surface area contributed by atoms with Crippen molar-refractivity contribution in [1.82, 2.24) is 0 Å². The lowest BCUT2D eigenvalue weighted by atomic mass is 9.98. The van der Waals surface area contributed by atoms with Crippen molar-refractivity contribution in [3.05, 3.63) is 77.9 Å². The number of aryl methyl sites for hydroxylation is 1. The first kappa shape index (κ1) is 15.0. The van der Waals surface area contributed by atoms with Gasteiger partial charge < -0.3 is 4.74 Å². The summed E-state index contributed by atoms with van der Waals surface area (Å²) < 4.78 is 5.03. The van der Waals surface area contributed by atoms with E-state index in [0.29, 0.717) is 6.61 Å². The Kier molecular flexibility index (Phi) is 5.77. The van der Waals surface area contributed by atoms with Crippen LogP contribution < -0.4 is 0 Å². The summed E-state index contributed by atoms with van der Waals surface area (Å²) in [4.78, 5) is 11.7. The number of hydrogen-bond acceptors (Lipinski definition) is 2. The minimum Gasteiger partial charge on any atom is -0.463 e. The van der Waals surface area contributed by atoms with Crippen molar-refractivity contribution >= 4 is 11.5 Å². The first-order valence-electron chi connectivity index (χ1n) is 7.26. The molecular formula is C19H20O2. The average molecular weight is 280 g/mol. The Morgan fingerprint density at radius 1 is 1.00 bits per heavy atom. The summed E-state index contributed by atoms with van der Waals surface area (Å²) in [5.74, 6) is -0.274. The monoisotopic (exact) mass is 280 g/mol. The fourth-order valence-electron chi connectivity index (χ4n) is 2.20. The molecule has 0 spiro atoms. The zero-order chi connectivity index (χ0) is 14.9. The summed E-state index contributed by atoms with van der Waals surface area (Å²) in [6, 6.07) is 20.3. The van der Waals surface area contributed by atoms with Crippen LogP contribution in [0, 0.1) is 0 Å². The molecule has 0 fully saturated rings. The largest absolute Gasteiger partial charge is 0.463 e. The van der Waals surface area contributed by atoms with Crippen LogP contribution in [0.4, 0.5) is 0 Å². The van der Waals surface area contributed by atoms with E-state index in [-0.39, 0.29) is 5.97 Å². The first-order valence-corrected chi connectivity index (χ1v) is 7.26. The van der Waals surface area contributed by atoms with Gasteiger partial charge >= 0.3 is 5.97 Å². The number of allylic oxidation sites excluding steroid dienone is 1. The standard InChI is InChI=1S/C19H20O2/c1-2-21-19(20)15-18(17-11-7-4-8-12-17)14-13-16-9-5-3-6-10-16/h3-12,15H,2,13-14H2,1H3/b18-15+. The van der Waals surface area contributed by atoms with Crippen LogP contribution in [0.1, 0.15) is 24.5 Å². The summed E-state index contributed by atoms with van der Waals surface area (Å²) in [5, 5.41) is 0. The van der Waals surface area contributed by atoms with Crippen LogP contribution in [0.2, 0.25) is 0 Å². The second kappa shape index (κ2) is 8.05. The molecule has 0 aliphatic rings. The lowest BCUT2D eigenvalue weighted by Gasteiger charge is -2.08. The highest BCUT2D eigenvalue weighted by Gasteiger charge is 2.06. The molecule has 0 amide bonds. The summed E-state index contributed by atoms with van der Waals surface area (Å²) in [6.07, 6.45) is 3.33. The number of ether oxygens (including phenoxy) is 1. The van der Waals surface area contributed by atoms with Gasteiger partial charge in [-0.25, -0.2) is 4.79 Å². The molecule has 0 saturated heterocycles. The third-order valence-electron chi connectivity index (χ3n) is 3.25. The van der Waals surface area contributed by atoms with Crippen molar-refractivity contribution in [1.29, 1.82) is 0 Å². The summed E-state index contributed by atoms with van der Waals surface area (Å²) >= 11 is 0. The highest BCUT2D eigenvalue weighted by Crippen LogP contribution is 2.20.